The Morgan fingerprint density at radius 1 is 1.32 bits per heavy atom. The molecule has 1 aliphatic heterocycles. The monoisotopic (exact) mass is 299 g/mol. The van der Waals surface area contributed by atoms with E-state index >= 15 is 0 Å². The standard InChI is InChI=1S/C16H21N5O/c1-12-3-7-17-16(18-12)14-5-8-20(11-14)15(22)6-10-21-9-4-13(2)19-21/h3-4,7,9,14H,5-6,8,10-11H2,1-2H3/t14-/m1/s1. The maximum atomic E-state index is 12.3. The Labute approximate surface area is 130 Å². The normalized spacial score (nSPS) is 17.9. The lowest BCUT2D eigenvalue weighted by atomic mass is 10.1. The minimum absolute atomic E-state index is 0.184. The van der Waals surface area contributed by atoms with Gasteiger partial charge in [-0.05, 0) is 32.4 Å². The maximum Gasteiger partial charge on any atom is 0.224 e. The summed E-state index contributed by atoms with van der Waals surface area (Å²) >= 11 is 0. The van der Waals surface area contributed by atoms with Crippen LogP contribution in [0, 0.1) is 13.8 Å². The van der Waals surface area contributed by atoms with Gasteiger partial charge in [0, 0.05) is 50.1 Å². The summed E-state index contributed by atoms with van der Waals surface area (Å²) in [5.41, 5.74) is 1.95. The molecule has 6 nitrogen and oxygen atoms in total. The van der Waals surface area contributed by atoms with E-state index < -0.39 is 0 Å². The second-order valence-electron chi connectivity index (χ2n) is 5.85. The Bertz CT molecular complexity index is 666. The van der Waals surface area contributed by atoms with Crippen molar-refractivity contribution in [1.82, 2.24) is 24.6 Å². The van der Waals surface area contributed by atoms with Gasteiger partial charge in [-0.15, -0.1) is 0 Å². The lowest BCUT2D eigenvalue weighted by molar-refractivity contribution is -0.130. The summed E-state index contributed by atoms with van der Waals surface area (Å²) < 4.78 is 1.82. The van der Waals surface area contributed by atoms with Gasteiger partial charge in [0.1, 0.15) is 5.82 Å². The van der Waals surface area contributed by atoms with E-state index in [0.29, 0.717) is 13.0 Å². The van der Waals surface area contributed by atoms with Crippen LogP contribution in [0.3, 0.4) is 0 Å². The molecular formula is C16H21N5O. The van der Waals surface area contributed by atoms with Crippen LogP contribution in [0.4, 0.5) is 0 Å². The van der Waals surface area contributed by atoms with Crippen LogP contribution in [0.2, 0.25) is 0 Å². The molecule has 22 heavy (non-hydrogen) atoms. The van der Waals surface area contributed by atoms with E-state index in [2.05, 4.69) is 15.1 Å². The number of hydrogen-bond donors (Lipinski definition) is 0. The molecule has 1 atom stereocenters. The van der Waals surface area contributed by atoms with Crippen molar-refractivity contribution < 1.29 is 4.79 Å². The molecule has 0 radical (unpaired) electrons. The number of carbonyl (C=O) groups is 1. The van der Waals surface area contributed by atoms with E-state index in [1.54, 1.807) is 6.20 Å². The molecule has 0 spiro atoms. The van der Waals surface area contributed by atoms with Gasteiger partial charge in [0.2, 0.25) is 5.91 Å². The number of hydrogen-bond acceptors (Lipinski definition) is 4. The van der Waals surface area contributed by atoms with Gasteiger partial charge in [0.25, 0.3) is 0 Å². The topological polar surface area (TPSA) is 63.9 Å². The smallest absolute Gasteiger partial charge is 0.224 e. The molecular weight excluding hydrogens is 278 g/mol. The van der Waals surface area contributed by atoms with Crippen molar-refractivity contribution in [2.24, 2.45) is 0 Å². The third-order valence-electron chi connectivity index (χ3n) is 4.05. The maximum absolute atomic E-state index is 12.3. The number of likely N-dealkylation sites (tertiary alicyclic amines) is 1. The zero-order chi connectivity index (χ0) is 15.5. The SMILES string of the molecule is Cc1ccnc([C@@H]2CCN(C(=O)CCn3ccc(C)n3)C2)n1. The van der Waals surface area contributed by atoms with Crippen LogP contribution < -0.4 is 0 Å². The van der Waals surface area contributed by atoms with Crippen molar-refractivity contribution in [3.8, 4) is 0 Å². The molecule has 2 aromatic rings. The first-order valence-electron chi connectivity index (χ1n) is 7.69. The summed E-state index contributed by atoms with van der Waals surface area (Å²) in [4.78, 5) is 23.1. The summed E-state index contributed by atoms with van der Waals surface area (Å²) in [5, 5.41) is 4.31. The number of amides is 1. The largest absolute Gasteiger partial charge is 0.342 e. The number of carbonyl (C=O) groups excluding carboxylic acids is 1. The summed E-state index contributed by atoms with van der Waals surface area (Å²) in [6, 6.07) is 3.85. The minimum atomic E-state index is 0.184. The molecule has 3 heterocycles. The molecule has 0 aromatic carbocycles. The number of aromatic nitrogens is 4. The molecule has 0 aliphatic carbocycles. The first-order chi connectivity index (χ1) is 10.6. The Hall–Kier alpha value is -2.24. The van der Waals surface area contributed by atoms with Crippen molar-refractivity contribution in [2.75, 3.05) is 13.1 Å². The second kappa shape index (κ2) is 6.25. The van der Waals surface area contributed by atoms with Crippen molar-refractivity contribution >= 4 is 5.91 Å². The van der Waals surface area contributed by atoms with Crippen LogP contribution in [0.5, 0.6) is 0 Å². The fourth-order valence-electron chi connectivity index (χ4n) is 2.82. The lowest BCUT2D eigenvalue weighted by Gasteiger charge is -2.16. The van der Waals surface area contributed by atoms with E-state index in [1.165, 1.54) is 0 Å². The summed E-state index contributed by atoms with van der Waals surface area (Å²) in [5.74, 6) is 1.30. The molecule has 1 fully saturated rings. The summed E-state index contributed by atoms with van der Waals surface area (Å²) in [7, 11) is 0. The van der Waals surface area contributed by atoms with Crippen molar-refractivity contribution in [3.05, 3.63) is 41.7 Å². The van der Waals surface area contributed by atoms with Gasteiger partial charge in [-0.1, -0.05) is 0 Å². The van der Waals surface area contributed by atoms with E-state index in [0.717, 1.165) is 36.7 Å². The Balaban J connectivity index is 1.54. The molecule has 0 bridgehead atoms. The molecule has 0 N–H and O–H groups in total. The van der Waals surface area contributed by atoms with Crippen molar-refractivity contribution in [2.45, 2.75) is 39.2 Å². The fourth-order valence-corrected chi connectivity index (χ4v) is 2.82. The van der Waals surface area contributed by atoms with Crippen LogP contribution in [-0.4, -0.2) is 43.6 Å². The van der Waals surface area contributed by atoms with E-state index in [9.17, 15) is 4.79 Å². The predicted molar refractivity (Wildman–Crippen MR) is 82.3 cm³/mol. The van der Waals surface area contributed by atoms with E-state index in [4.69, 9.17) is 0 Å². The van der Waals surface area contributed by atoms with Gasteiger partial charge in [-0.25, -0.2) is 9.97 Å². The van der Waals surface area contributed by atoms with Crippen molar-refractivity contribution in [1.29, 1.82) is 0 Å². The number of aryl methyl sites for hydroxylation is 3. The first-order valence-corrected chi connectivity index (χ1v) is 7.69. The first kappa shape index (κ1) is 14.7. The highest BCUT2D eigenvalue weighted by Gasteiger charge is 2.28. The van der Waals surface area contributed by atoms with Gasteiger partial charge in [0.05, 0.1) is 5.69 Å². The average Bonchev–Trinajstić information content (AvgIpc) is 3.14. The van der Waals surface area contributed by atoms with Crippen LogP contribution >= 0.6 is 0 Å². The number of nitrogens with zero attached hydrogens (tertiary/aromatic N) is 5. The van der Waals surface area contributed by atoms with Gasteiger partial charge in [-0.3, -0.25) is 9.48 Å². The highest BCUT2D eigenvalue weighted by molar-refractivity contribution is 5.76. The summed E-state index contributed by atoms with van der Waals surface area (Å²) in [6.07, 6.45) is 5.14. The van der Waals surface area contributed by atoms with E-state index in [-0.39, 0.29) is 11.8 Å². The van der Waals surface area contributed by atoms with Gasteiger partial charge in [0.15, 0.2) is 0 Å². The van der Waals surface area contributed by atoms with Crippen molar-refractivity contribution in [3.63, 3.8) is 0 Å². The van der Waals surface area contributed by atoms with Crippen LogP contribution in [0.25, 0.3) is 0 Å². The zero-order valence-corrected chi connectivity index (χ0v) is 13.1. The molecule has 0 unspecified atom stereocenters. The quantitative estimate of drug-likeness (QED) is 0.862. The molecule has 3 rings (SSSR count). The van der Waals surface area contributed by atoms with Crippen LogP contribution in [0.1, 0.15) is 36.0 Å². The third-order valence-corrected chi connectivity index (χ3v) is 4.05. The van der Waals surface area contributed by atoms with Gasteiger partial charge < -0.3 is 4.90 Å². The molecule has 1 amide bonds. The highest BCUT2D eigenvalue weighted by Crippen LogP contribution is 2.25. The lowest BCUT2D eigenvalue weighted by Crippen LogP contribution is -2.29. The molecule has 6 heteroatoms. The fraction of sp³-hybridized carbons (Fsp3) is 0.500. The van der Waals surface area contributed by atoms with E-state index in [1.807, 2.05) is 41.8 Å². The molecule has 1 saturated heterocycles. The molecule has 2 aromatic heterocycles. The van der Waals surface area contributed by atoms with Crippen LogP contribution in [0.15, 0.2) is 24.5 Å². The minimum Gasteiger partial charge on any atom is -0.342 e. The van der Waals surface area contributed by atoms with Crippen LogP contribution in [-0.2, 0) is 11.3 Å². The van der Waals surface area contributed by atoms with Gasteiger partial charge >= 0.3 is 0 Å². The zero-order valence-electron chi connectivity index (χ0n) is 13.1. The molecule has 0 saturated carbocycles. The number of rotatable bonds is 4. The molecule has 1 aliphatic rings. The Morgan fingerprint density at radius 3 is 2.91 bits per heavy atom. The van der Waals surface area contributed by atoms with Gasteiger partial charge in [-0.2, -0.15) is 5.10 Å². The summed E-state index contributed by atoms with van der Waals surface area (Å²) in [6.45, 7) is 6.06. The average molecular weight is 299 g/mol. The highest BCUT2D eigenvalue weighted by atomic mass is 16.2. The third kappa shape index (κ3) is 3.32. The Kier molecular flexibility index (Phi) is 4.18. The predicted octanol–water partition coefficient (Wildman–Crippen LogP) is 1.70. The molecule has 116 valence electrons. The Morgan fingerprint density at radius 2 is 2.18 bits per heavy atom. The second-order valence-corrected chi connectivity index (χ2v) is 5.85.